The van der Waals surface area contributed by atoms with E-state index in [-0.39, 0.29) is 0 Å². The van der Waals surface area contributed by atoms with Gasteiger partial charge in [0.2, 0.25) is 0 Å². The maximum absolute atomic E-state index is 4.29. The van der Waals surface area contributed by atoms with Crippen LogP contribution in [0.3, 0.4) is 0 Å². The summed E-state index contributed by atoms with van der Waals surface area (Å²) in [6.07, 6.45) is 10.6. The van der Waals surface area contributed by atoms with Crippen molar-refractivity contribution < 1.29 is 0 Å². The average molecular weight is 203 g/mol. The molecule has 0 amide bonds. The van der Waals surface area contributed by atoms with E-state index in [4.69, 9.17) is 0 Å². The highest BCUT2D eigenvalue weighted by molar-refractivity contribution is 5.47. The molecule has 1 aromatic heterocycles. The largest absolute Gasteiger partial charge is 0.257 e. The van der Waals surface area contributed by atoms with Crippen molar-refractivity contribution in [2.45, 2.75) is 46.0 Å². The third-order valence-electron chi connectivity index (χ3n) is 2.51. The maximum Gasteiger partial charge on any atom is 0.0629 e. The Kier molecular flexibility index (Phi) is 5.76. The molecular formula is C14H21N. The van der Waals surface area contributed by atoms with Gasteiger partial charge in [-0.3, -0.25) is 4.98 Å². The second kappa shape index (κ2) is 7.22. The van der Waals surface area contributed by atoms with Crippen molar-refractivity contribution in [3.05, 3.63) is 35.7 Å². The van der Waals surface area contributed by atoms with Gasteiger partial charge in [0.25, 0.3) is 0 Å². The lowest BCUT2D eigenvalue weighted by Gasteiger charge is -2.01. The highest BCUT2D eigenvalue weighted by atomic mass is 14.6. The van der Waals surface area contributed by atoms with Gasteiger partial charge < -0.3 is 0 Å². The van der Waals surface area contributed by atoms with Crippen LogP contribution in [0, 0.1) is 0 Å². The molecule has 82 valence electrons. The lowest BCUT2D eigenvalue weighted by atomic mass is 10.1. The first-order chi connectivity index (χ1) is 7.33. The molecule has 0 aliphatic carbocycles. The number of pyridine rings is 1. The number of rotatable bonds is 6. The van der Waals surface area contributed by atoms with Crippen LogP contribution in [0.5, 0.6) is 0 Å². The molecule has 0 saturated heterocycles. The molecule has 0 atom stereocenters. The number of hydrogen-bond acceptors (Lipinski definition) is 1. The van der Waals surface area contributed by atoms with Crippen molar-refractivity contribution in [2.75, 3.05) is 0 Å². The minimum Gasteiger partial charge on any atom is -0.257 e. The van der Waals surface area contributed by atoms with Gasteiger partial charge in [-0.25, -0.2) is 0 Å². The lowest BCUT2D eigenvalue weighted by Crippen LogP contribution is -1.82. The molecule has 1 aromatic rings. The van der Waals surface area contributed by atoms with Crippen LogP contribution in [0.4, 0.5) is 0 Å². The Morgan fingerprint density at radius 2 is 2.13 bits per heavy atom. The third-order valence-corrected chi connectivity index (χ3v) is 2.51. The summed E-state index contributed by atoms with van der Waals surface area (Å²) in [6.45, 7) is 4.44. The van der Waals surface area contributed by atoms with E-state index in [1.807, 2.05) is 18.3 Å². The third kappa shape index (κ3) is 5.36. The zero-order valence-corrected chi connectivity index (χ0v) is 9.87. The Hall–Kier alpha value is -1.11. The van der Waals surface area contributed by atoms with Crippen LogP contribution in [-0.4, -0.2) is 4.98 Å². The van der Waals surface area contributed by atoms with Crippen LogP contribution < -0.4 is 0 Å². The Balaban J connectivity index is 2.33. The van der Waals surface area contributed by atoms with Gasteiger partial charge in [0.05, 0.1) is 5.69 Å². The molecule has 0 aromatic carbocycles. The van der Waals surface area contributed by atoms with Gasteiger partial charge in [-0.2, -0.15) is 0 Å². The molecule has 0 unspecified atom stereocenters. The Morgan fingerprint density at radius 3 is 2.80 bits per heavy atom. The molecule has 0 fully saturated rings. The van der Waals surface area contributed by atoms with Gasteiger partial charge in [-0.05, 0) is 38.0 Å². The number of allylic oxidation sites excluding steroid dienone is 1. The van der Waals surface area contributed by atoms with Gasteiger partial charge in [0, 0.05) is 6.20 Å². The van der Waals surface area contributed by atoms with E-state index in [1.165, 1.54) is 37.7 Å². The Labute approximate surface area is 93.2 Å². The molecule has 1 nitrogen and oxygen atoms in total. The van der Waals surface area contributed by atoms with E-state index in [1.54, 1.807) is 0 Å². The zero-order valence-electron chi connectivity index (χ0n) is 9.87. The Morgan fingerprint density at radius 1 is 1.27 bits per heavy atom. The molecule has 1 heteroatoms. The van der Waals surface area contributed by atoms with Crippen LogP contribution in [0.2, 0.25) is 0 Å². The molecule has 0 N–H and O–H groups in total. The van der Waals surface area contributed by atoms with E-state index in [9.17, 15) is 0 Å². The molecule has 0 radical (unpaired) electrons. The molecule has 0 spiro atoms. The predicted octanol–water partition coefficient (Wildman–Crippen LogP) is 4.46. The minimum atomic E-state index is 1.07. The smallest absolute Gasteiger partial charge is 0.0629 e. The molecule has 1 rings (SSSR count). The molecule has 15 heavy (non-hydrogen) atoms. The summed E-state index contributed by atoms with van der Waals surface area (Å²) in [5.41, 5.74) is 2.51. The monoisotopic (exact) mass is 203 g/mol. The van der Waals surface area contributed by atoms with Gasteiger partial charge in [0.1, 0.15) is 0 Å². The SMILES string of the molecule is CCCCCC/C(C)=C/c1ccccn1. The van der Waals surface area contributed by atoms with E-state index >= 15 is 0 Å². The zero-order chi connectivity index (χ0) is 10.9. The van der Waals surface area contributed by atoms with Crippen LogP contribution >= 0.6 is 0 Å². The lowest BCUT2D eigenvalue weighted by molar-refractivity contribution is 0.665. The summed E-state index contributed by atoms with van der Waals surface area (Å²) in [5, 5.41) is 0. The van der Waals surface area contributed by atoms with Crippen molar-refractivity contribution in [2.24, 2.45) is 0 Å². The van der Waals surface area contributed by atoms with Crippen LogP contribution in [0.1, 0.15) is 51.6 Å². The van der Waals surface area contributed by atoms with Crippen LogP contribution in [0.25, 0.3) is 6.08 Å². The van der Waals surface area contributed by atoms with Crippen LogP contribution in [0.15, 0.2) is 30.0 Å². The van der Waals surface area contributed by atoms with Crippen molar-refractivity contribution in [3.63, 3.8) is 0 Å². The fraction of sp³-hybridized carbons (Fsp3) is 0.500. The number of aromatic nitrogens is 1. The first-order valence-electron chi connectivity index (χ1n) is 5.91. The average Bonchev–Trinajstić information content (AvgIpc) is 2.26. The van der Waals surface area contributed by atoms with Crippen LogP contribution in [-0.2, 0) is 0 Å². The number of unbranched alkanes of at least 4 members (excludes halogenated alkanes) is 3. The molecule has 0 bridgehead atoms. The molecule has 0 aliphatic rings. The fourth-order valence-electron chi connectivity index (χ4n) is 1.62. The summed E-state index contributed by atoms with van der Waals surface area (Å²) < 4.78 is 0. The molecule has 1 heterocycles. The normalized spacial score (nSPS) is 11.7. The van der Waals surface area contributed by atoms with E-state index in [2.05, 4.69) is 31.0 Å². The number of hydrogen-bond donors (Lipinski definition) is 0. The van der Waals surface area contributed by atoms with E-state index < -0.39 is 0 Å². The summed E-state index contributed by atoms with van der Waals surface area (Å²) in [4.78, 5) is 4.29. The van der Waals surface area contributed by atoms with Crippen molar-refractivity contribution in [1.82, 2.24) is 4.98 Å². The topological polar surface area (TPSA) is 12.9 Å². The highest BCUT2D eigenvalue weighted by Gasteiger charge is 1.93. The van der Waals surface area contributed by atoms with Crippen molar-refractivity contribution >= 4 is 6.08 Å². The molecule has 0 aliphatic heterocycles. The summed E-state index contributed by atoms with van der Waals surface area (Å²) in [7, 11) is 0. The Bertz CT molecular complexity index is 287. The quantitative estimate of drug-likeness (QED) is 0.622. The fourth-order valence-corrected chi connectivity index (χ4v) is 1.62. The highest BCUT2D eigenvalue weighted by Crippen LogP contribution is 2.12. The van der Waals surface area contributed by atoms with Gasteiger partial charge in [-0.15, -0.1) is 0 Å². The van der Waals surface area contributed by atoms with Crippen molar-refractivity contribution in [1.29, 1.82) is 0 Å². The summed E-state index contributed by atoms with van der Waals surface area (Å²) >= 11 is 0. The van der Waals surface area contributed by atoms with Gasteiger partial charge in [0.15, 0.2) is 0 Å². The molecular weight excluding hydrogens is 182 g/mol. The van der Waals surface area contributed by atoms with Gasteiger partial charge in [-0.1, -0.05) is 37.8 Å². The van der Waals surface area contributed by atoms with Gasteiger partial charge >= 0.3 is 0 Å². The molecule has 0 saturated carbocycles. The first-order valence-corrected chi connectivity index (χ1v) is 5.91. The summed E-state index contributed by atoms with van der Waals surface area (Å²) in [6, 6.07) is 6.03. The minimum absolute atomic E-state index is 1.07. The van der Waals surface area contributed by atoms with E-state index in [0.717, 1.165) is 5.69 Å². The van der Waals surface area contributed by atoms with Crippen molar-refractivity contribution in [3.8, 4) is 0 Å². The van der Waals surface area contributed by atoms with E-state index in [0.29, 0.717) is 0 Å². The first kappa shape index (κ1) is 12.0. The maximum atomic E-state index is 4.29. The standard InChI is InChI=1S/C14H21N/c1-3-4-5-6-9-13(2)12-14-10-7-8-11-15-14/h7-8,10-12H,3-6,9H2,1-2H3/b13-12+. The second-order valence-electron chi connectivity index (χ2n) is 4.06. The number of nitrogens with zero attached hydrogens (tertiary/aromatic N) is 1. The summed E-state index contributed by atoms with van der Waals surface area (Å²) in [5.74, 6) is 0. The second-order valence-corrected chi connectivity index (χ2v) is 4.06. The predicted molar refractivity (Wildman–Crippen MR) is 66.6 cm³/mol.